The van der Waals surface area contributed by atoms with Gasteiger partial charge in [0.2, 0.25) is 0 Å². The van der Waals surface area contributed by atoms with E-state index in [1.807, 2.05) is 37.3 Å². The molecule has 0 aliphatic heterocycles. The average Bonchev–Trinajstić information content (AvgIpc) is 2.86. The van der Waals surface area contributed by atoms with Gasteiger partial charge in [-0.2, -0.15) is 5.10 Å². The van der Waals surface area contributed by atoms with Crippen LogP contribution in [0.3, 0.4) is 0 Å². The topological polar surface area (TPSA) is 77.0 Å². The van der Waals surface area contributed by atoms with E-state index < -0.39 is 5.97 Å². The summed E-state index contributed by atoms with van der Waals surface area (Å²) in [5.74, 6) is 0.0929. The van der Waals surface area contributed by atoms with E-state index in [9.17, 15) is 9.59 Å². The Balaban J connectivity index is 1.58. The maximum atomic E-state index is 12.8. The lowest BCUT2D eigenvalue weighted by Gasteiger charge is -2.11. The quantitative estimate of drug-likeness (QED) is 0.158. The van der Waals surface area contributed by atoms with E-state index in [4.69, 9.17) is 21.1 Å². The molecule has 4 rings (SSSR count). The molecule has 0 bridgehead atoms. The zero-order valence-electron chi connectivity index (χ0n) is 18.3. The van der Waals surface area contributed by atoms with Crippen molar-refractivity contribution in [3.8, 4) is 11.5 Å². The number of fused-ring (bicyclic) bond motifs is 1. The third-order valence-electron chi connectivity index (χ3n) is 5.00. The van der Waals surface area contributed by atoms with Crippen LogP contribution < -0.4 is 14.9 Å². The molecular weight excluding hydrogens is 452 g/mol. The highest BCUT2D eigenvalue weighted by atomic mass is 35.5. The number of amides is 1. The fourth-order valence-electron chi connectivity index (χ4n) is 3.33. The summed E-state index contributed by atoms with van der Waals surface area (Å²) in [5, 5.41) is 6.40. The van der Waals surface area contributed by atoms with Crippen LogP contribution in [-0.4, -0.2) is 24.7 Å². The zero-order valence-corrected chi connectivity index (χ0v) is 19.1. The summed E-state index contributed by atoms with van der Waals surface area (Å²) in [7, 11) is 0. The Morgan fingerprint density at radius 2 is 1.62 bits per heavy atom. The van der Waals surface area contributed by atoms with Gasteiger partial charge in [-0.1, -0.05) is 41.9 Å². The summed E-state index contributed by atoms with van der Waals surface area (Å²) in [4.78, 5) is 25.1. The number of esters is 1. The minimum absolute atomic E-state index is 0.321. The zero-order chi connectivity index (χ0) is 23.9. The molecule has 0 aliphatic rings. The van der Waals surface area contributed by atoms with Gasteiger partial charge in [-0.25, -0.2) is 10.2 Å². The van der Waals surface area contributed by atoms with Crippen LogP contribution in [0.15, 0.2) is 90.0 Å². The van der Waals surface area contributed by atoms with Crippen LogP contribution in [0, 0.1) is 0 Å². The molecule has 6 nitrogen and oxygen atoms in total. The molecule has 1 N–H and O–H groups in total. The monoisotopic (exact) mass is 472 g/mol. The van der Waals surface area contributed by atoms with Crippen LogP contribution >= 0.6 is 11.6 Å². The SMILES string of the molecule is CCOc1ccc(C(=O)Oc2ccc3ccccc3c2/C=N\NC(=O)c2ccc(Cl)cc2)cc1. The molecule has 0 spiro atoms. The Labute approximate surface area is 201 Å². The molecule has 170 valence electrons. The minimum atomic E-state index is -0.516. The Hall–Kier alpha value is -4.16. The molecule has 0 saturated heterocycles. The summed E-state index contributed by atoms with van der Waals surface area (Å²) >= 11 is 5.87. The first-order valence-electron chi connectivity index (χ1n) is 10.6. The summed E-state index contributed by atoms with van der Waals surface area (Å²) in [5.41, 5.74) is 3.86. The highest BCUT2D eigenvalue weighted by Gasteiger charge is 2.14. The fraction of sp³-hybridized carbons (Fsp3) is 0.0741. The molecule has 0 heterocycles. The number of carbonyl (C=O) groups excluding carboxylic acids is 2. The van der Waals surface area contributed by atoms with E-state index in [0.29, 0.717) is 39.8 Å². The van der Waals surface area contributed by atoms with Crippen molar-refractivity contribution >= 4 is 40.5 Å². The Kier molecular flexibility index (Phi) is 7.20. The third kappa shape index (κ3) is 5.42. The van der Waals surface area contributed by atoms with E-state index in [-0.39, 0.29) is 5.91 Å². The first-order chi connectivity index (χ1) is 16.5. The van der Waals surface area contributed by atoms with Crippen molar-refractivity contribution < 1.29 is 19.1 Å². The molecule has 0 aromatic heterocycles. The first kappa shape index (κ1) is 23.0. The van der Waals surface area contributed by atoms with E-state index in [1.165, 1.54) is 6.21 Å². The average molecular weight is 473 g/mol. The van der Waals surface area contributed by atoms with E-state index in [0.717, 1.165) is 10.8 Å². The van der Waals surface area contributed by atoms with E-state index in [1.54, 1.807) is 54.6 Å². The van der Waals surface area contributed by atoms with Gasteiger partial charge in [-0.3, -0.25) is 4.79 Å². The van der Waals surface area contributed by atoms with Gasteiger partial charge >= 0.3 is 5.97 Å². The van der Waals surface area contributed by atoms with Crippen LogP contribution in [0.25, 0.3) is 10.8 Å². The van der Waals surface area contributed by atoms with Crippen molar-refractivity contribution in [3.05, 3.63) is 107 Å². The van der Waals surface area contributed by atoms with Gasteiger partial charge in [0.1, 0.15) is 11.5 Å². The predicted octanol–water partition coefficient (Wildman–Crippen LogP) is 5.88. The lowest BCUT2D eigenvalue weighted by atomic mass is 10.0. The van der Waals surface area contributed by atoms with E-state index >= 15 is 0 Å². The van der Waals surface area contributed by atoms with Gasteiger partial charge in [0.15, 0.2) is 0 Å². The molecule has 0 saturated carbocycles. The predicted molar refractivity (Wildman–Crippen MR) is 133 cm³/mol. The second kappa shape index (κ2) is 10.6. The number of hydrogen-bond donors (Lipinski definition) is 1. The molecule has 1 amide bonds. The molecule has 4 aromatic rings. The maximum absolute atomic E-state index is 12.8. The van der Waals surface area contributed by atoms with Crippen molar-refractivity contribution in [1.29, 1.82) is 0 Å². The standard InChI is InChI=1S/C27H21ClN2O4/c1-2-33-22-14-9-20(10-15-22)27(32)34-25-16-11-18-5-3-4-6-23(18)24(25)17-29-30-26(31)19-7-12-21(28)13-8-19/h3-17H,2H2,1H3,(H,30,31)/b29-17-. The van der Waals surface area contributed by atoms with Crippen molar-refractivity contribution in [3.63, 3.8) is 0 Å². The third-order valence-corrected chi connectivity index (χ3v) is 5.25. The van der Waals surface area contributed by atoms with Crippen LogP contribution in [0.5, 0.6) is 11.5 Å². The van der Waals surface area contributed by atoms with E-state index in [2.05, 4.69) is 10.5 Å². The molecule has 0 atom stereocenters. The van der Waals surface area contributed by atoms with Gasteiger partial charge in [0, 0.05) is 16.1 Å². The van der Waals surface area contributed by atoms with Gasteiger partial charge in [0.25, 0.3) is 5.91 Å². The second-order valence-electron chi connectivity index (χ2n) is 7.25. The molecule has 4 aromatic carbocycles. The first-order valence-corrected chi connectivity index (χ1v) is 11.0. The number of nitrogens with zero attached hydrogens (tertiary/aromatic N) is 1. The number of rotatable bonds is 7. The number of hydrogen-bond acceptors (Lipinski definition) is 5. The molecule has 0 unspecified atom stereocenters. The molecule has 0 aliphatic carbocycles. The number of benzene rings is 4. The summed E-state index contributed by atoms with van der Waals surface area (Å²) in [6.45, 7) is 2.43. The minimum Gasteiger partial charge on any atom is -0.494 e. The number of ether oxygens (including phenoxy) is 2. The normalized spacial score (nSPS) is 10.9. The fourth-order valence-corrected chi connectivity index (χ4v) is 3.46. The molecule has 0 radical (unpaired) electrons. The highest BCUT2D eigenvalue weighted by Crippen LogP contribution is 2.27. The van der Waals surface area contributed by atoms with Crippen molar-refractivity contribution in [2.75, 3.05) is 6.61 Å². The molecular formula is C27H21ClN2O4. The van der Waals surface area contributed by atoms with Crippen LogP contribution in [0.2, 0.25) is 5.02 Å². The summed E-state index contributed by atoms with van der Waals surface area (Å²) < 4.78 is 11.1. The number of hydrazone groups is 1. The van der Waals surface area contributed by atoms with Crippen molar-refractivity contribution in [1.82, 2.24) is 5.43 Å². The summed E-state index contributed by atoms with van der Waals surface area (Å²) in [6.07, 6.45) is 1.47. The van der Waals surface area contributed by atoms with Gasteiger partial charge in [-0.05, 0) is 72.3 Å². The lowest BCUT2D eigenvalue weighted by Crippen LogP contribution is -2.17. The largest absolute Gasteiger partial charge is 0.494 e. The second-order valence-corrected chi connectivity index (χ2v) is 7.69. The molecule has 0 fully saturated rings. The Morgan fingerprint density at radius 1 is 0.912 bits per heavy atom. The molecule has 7 heteroatoms. The van der Waals surface area contributed by atoms with Crippen LogP contribution in [0.1, 0.15) is 33.2 Å². The number of carbonyl (C=O) groups is 2. The van der Waals surface area contributed by atoms with Gasteiger partial charge in [0.05, 0.1) is 18.4 Å². The highest BCUT2D eigenvalue weighted by molar-refractivity contribution is 6.30. The van der Waals surface area contributed by atoms with Crippen molar-refractivity contribution in [2.24, 2.45) is 5.10 Å². The maximum Gasteiger partial charge on any atom is 0.343 e. The van der Waals surface area contributed by atoms with Crippen LogP contribution in [0.4, 0.5) is 0 Å². The lowest BCUT2D eigenvalue weighted by molar-refractivity contribution is 0.0734. The number of nitrogens with one attached hydrogen (secondary N) is 1. The van der Waals surface area contributed by atoms with Crippen molar-refractivity contribution in [2.45, 2.75) is 6.92 Å². The Bertz CT molecular complexity index is 1350. The van der Waals surface area contributed by atoms with Gasteiger partial charge in [-0.15, -0.1) is 0 Å². The smallest absolute Gasteiger partial charge is 0.343 e. The number of halogens is 1. The molecule has 34 heavy (non-hydrogen) atoms. The van der Waals surface area contributed by atoms with Crippen LogP contribution in [-0.2, 0) is 0 Å². The Morgan fingerprint density at radius 3 is 2.35 bits per heavy atom. The van der Waals surface area contributed by atoms with Gasteiger partial charge < -0.3 is 9.47 Å². The summed E-state index contributed by atoms with van der Waals surface area (Å²) in [6, 6.07) is 24.4.